The van der Waals surface area contributed by atoms with E-state index in [1.54, 1.807) is 0 Å². The molecule has 1 aromatic carbocycles. The van der Waals surface area contributed by atoms with Gasteiger partial charge in [-0.1, -0.05) is 0 Å². The van der Waals surface area contributed by atoms with Gasteiger partial charge >= 0.3 is 0 Å². The number of aliphatic hydroxyl groups is 1. The van der Waals surface area contributed by atoms with Crippen molar-refractivity contribution >= 4 is 10.0 Å². The Kier molecular flexibility index (Phi) is 4.36. The first-order valence-electron chi connectivity index (χ1n) is 6.12. The van der Waals surface area contributed by atoms with Gasteiger partial charge < -0.3 is 5.11 Å². The van der Waals surface area contributed by atoms with Gasteiger partial charge in [0, 0.05) is 19.7 Å². The Morgan fingerprint density at radius 3 is 2.40 bits per heavy atom. The van der Waals surface area contributed by atoms with Gasteiger partial charge in [-0.05, 0) is 30.9 Å². The largest absolute Gasteiger partial charge is 0.396 e. The first-order chi connectivity index (χ1) is 9.36. The molecule has 0 saturated carbocycles. The lowest BCUT2D eigenvalue weighted by molar-refractivity contribution is 0.165. The molecule has 1 unspecified atom stereocenters. The van der Waals surface area contributed by atoms with Crippen LogP contribution in [0.25, 0.3) is 0 Å². The summed E-state index contributed by atoms with van der Waals surface area (Å²) in [5.74, 6) is -4.98. The van der Waals surface area contributed by atoms with Crippen molar-refractivity contribution in [3.63, 3.8) is 0 Å². The summed E-state index contributed by atoms with van der Waals surface area (Å²) in [5, 5.41) is 9.08. The Morgan fingerprint density at radius 2 is 1.85 bits per heavy atom. The molecule has 1 aliphatic rings. The molecule has 0 aliphatic carbocycles. The number of sulfonamides is 1. The van der Waals surface area contributed by atoms with Crippen LogP contribution >= 0.6 is 0 Å². The van der Waals surface area contributed by atoms with E-state index in [-0.39, 0.29) is 25.6 Å². The molecule has 4 nitrogen and oxygen atoms in total. The zero-order chi connectivity index (χ0) is 14.9. The molecule has 0 aromatic heterocycles. The van der Waals surface area contributed by atoms with Gasteiger partial charge in [0.05, 0.1) is 4.90 Å². The Hall–Kier alpha value is -1.12. The third kappa shape index (κ3) is 2.82. The zero-order valence-corrected chi connectivity index (χ0v) is 11.3. The highest BCUT2D eigenvalue weighted by molar-refractivity contribution is 7.89. The van der Waals surface area contributed by atoms with Crippen molar-refractivity contribution in [1.29, 1.82) is 0 Å². The van der Waals surface area contributed by atoms with E-state index in [4.69, 9.17) is 5.11 Å². The second-order valence-electron chi connectivity index (χ2n) is 4.75. The van der Waals surface area contributed by atoms with E-state index < -0.39 is 32.4 Å². The van der Waals surface area contributed by atoms with Crippen LogP contribution in [0.3, 0.4) is 0 Å². The van der Waals surface area contributed by atoms with E-state index in [2.05, 4.69) is 0 Å². The van der Waals surface area contributed by atoms with Gasteiger partial charge in [0.25, 0.3) is 0 Å². The van der Waals surface area contributed by atoms with E-state index in [1.165, 1.54) is 0 Å². The summed E-state index contributed by atoms with van der Waals surface area (Å²) in [6.07, 6.45) is 1.24. The van der Waals surface area contributed by atoms with Gasteiger partial charge in [-0.25, -0.2) is 21.6 Å². The Bertz CT molecular complexity index is 583. The summed E-state index contributed by atoms with van der Waals surface area (Å²) in [7, 11) is -4.09. The van der Waals surface area contributed by atoms with Crippen LogP contribution in [-0.4, -0.2) is 37.5 Å². The Labute approximate surface area is 114 Å². The SMILES string of the molecule is O=S(=O)(c1cc(F)c(F)c(F)c1)N1CCCC(CO)C1. The quantitative estimate of drug-likeness (QED) is 0.861. The third-order valence-electron chi connectivity index (χ3n) is 3.34. The molecule has 0 spiro atoms. The molecule has 2 rings (SSSR count). The highest BCUT2D eigenvalue weighted by atomic mass is 32.2. The van der Waals surface area contributed by atoms with Crippen LogP contribution in [0, 0.1) is 23.4 Å². The molecule has 112 valence electrons. The number of hydrogen-bond donors (Lipinski definition) is 1. The minimum absolute atomic E-state index is 0.0828. The second-order valence-corrected chi connectivity index (χ2v) is 6.69. The summed E-state index contributed by atoms with van der Waals surface area (Å²) in [5.41, 5.74) is 0. The fourth-order valence-electron chi connectivity index (χ4n) is 2.22. The molecule has 1 heterocycles. The molecular weight excluding hydrogens is 295 g/mol. The first-order valence-corrected chi connectivity index (χ1v) is 7.56. The number of nitrogens with zero attached hydrogens (tertiary/aromatic N) is 1. The molecule has 1 N–H and O–H groups in total. The van der Waals surface area contributed by atoms with Crippen LogP contribution in [0.2, 0.25) is 0 Å². The molecular formula is C12H14F3NO3S. The molecule has 0 amide bonds. The van der Waals surface area contributed by atoms with E-state index in [1.807, 2.05) is 0 Å². The molecule has 1 aromatic rings. The van der Waals surface area contributed by atoms with Crippen LogP contribution in [-0.2, 0) is 10.0 Å². The lowest BCUT2D eigenvalue weighted by Crippen LogP contribution is -2.40. The van der Waals surface area contributed by atoms with Crippen LogP contribution in [0.4, 0.5) is 13.2 Å². The number of halogens is 3. The first kappa shape index (κ1) is 15.3. The second kappa shape index (κ2) is 5.71. The third-order valence-corrected chi connectivity index (χ3v) is 5.18. The number of hydrogen-bond acceptors (Lipinski definition) is 3. The van der Waals surface area contributed by atoms with Gasteiger partial charge in [-0.3, -0.25) is 0 Å². The van der Waals surface area contributed by atoms with Crippen molar-refractivity contribution in [3.8, 4) is 0 Å². The highest BCUT2D eigenvalue weighted by Crippen LogP contribution is 2.25. The summed E-state index contributed by atoms with van der Waals surface area (Å²) < 4.78 is 64.7. The highest BCUT2D eigenvalue weighted by Gasteiger charge is 2.31. The predicted molar refractivity (Wildman–Crippen MR) is 64.9 cm³/mol. The van der Waals surface area contributed by atoms with Gasteiger partial charge in [0.1, 0.15) is 0 Å². The average molecular weight is 309 g/mol. The van der Waals surface area contributed by atoms with Gasteiger partial charge in [-0.15, -0.1) is 0 Å². The van der Waals surface area contributed by atoms with Crippen molar-refractivity contribution in [3.05, 3.63) is 29.6 Å². The molecule has 1 fully saturated rings. The lowest BCUT2D eigenvalue weighted by atomic mass is 10.0. The summed E-state index contributed by atoms with van der Waals surface area (Å²) in [6.45, 7) is 0.136. The minimum Gasteiger partial charge on any atom is -0.396 e. The molecule has 1 aliphatic heterocycles. The van der Waals surface area contributed by atoms with Gasteiger partial charge in [-0.2, -0.15) is 4.31 Å². The van der Waals surface area contributed by atoms with E-state index in [9.17, 15) is 21.6 Å². The van der Waals surface area contributed by atoms with E-state index in [0.717, 1.165) is 4.31 Å². The molecule has 1 atom stereocenters. The van der Waals surface area contributed by atoms with E-state index >= 15 is 0 Å². The fraction of sp³-hybridized carbons (Fsp3) is 0.500. The smallest absolute Gasteiger partial charge is 0.243 e. The van der Waals surface area contributed by atoms with Crippen LogP contribution < -0.4 is 0 Å². The molecule has 20 heavy (non-hydrogen) atoms. The number of piperidine rings is 1. The van der Waals surface area contributed by atoms with Crippen LogP contribution in [0.1, 0.15) is 12.8 Å². The zero-order valence-electron chi connectivity index (χ0n) is 10.5. The normalized spacial score (nSPS) is 21.1. The van der Waals surface area contributed by atoms with Gasteiger partial charge in [0.15, 0.2) is 17.5 Å². The maximum Gasteiger partial charge on any atom is 0.243 e. The number of aliphatic hydroxyl groups excluding tert-OH is 1. The fourth-order valence-corrected chi connectivity index (χ4v) is 3.80. The molecule has 0 bridgehead atoms. The van der Waals surface area contributed by atoms with E-state index in [0.29, 0.717) is 25.0 Å². The topological polar surface area (TPSA) is 57.6 Å². The van der Waals surface area contributed by atoms with Crippen molar-refractivity contribution in [2.45, 2.75) is 17.7 Å². The number of benzene rings is 1. The maximum absolute atomic E-state index is 13.1. The predicted octanol–water partition coefficient (Wildman–Crippen LogP) is 1.50. The summed E-state index contributed by atoms with van der Waals surface area (Å²) >= 11 is 0. The average Bonchev–Trinajstić information content (AvgIpc) is 2.44. The van der Waals surface area contributed by atoms with Crippen molar-refractivity contribution in [2.75, 3.05) is 19.7 Å². The Morgan fingerprint density at radius 1 is 1.25 bits per heavy atom. The lowest BCUT2D eigenvalue weighted by Gasteiger charge is -2.30. The standard InChI is InChI=1S/C12H14F3NO3S/c13-10-4-9(5-11(14)12(10)15)20(18,19)16-3-1-2-8(6-16)7-17/h4-5,8,17H,1-3,6-7H2. The van der Waals surface area contributed by atoms with Crippen molar-refractivity contribution in [2.24, 2.45) is 5.92 Å². The van der Waals surface area contributed by atoms with Gasteiger partial charge in [0.2, 0.25) is 10.0 Å². The number of rotatable bonds is 3. The summed E-state index contributed by atoms with van der Waals surface area (Å²) in [6, 6.07) is 0.937. The van der Waals surface area contributed by atoms with Crippen LogP contribution in [0.15, 0.2) is 17.0 Å². The maximum atomic E-state index is 13.1. The van der Waals surface area contributed by atoms with Crippen molar-refractivity contribution < 1.29 is 26.7 Å². The molecule has 0 radical (unpaired) electrons. The van der Waals surface area contributed by atoms with Crippen LogP contribution in [0.5, 0.6) is 0 Å². The monoisotopic (exact) mass is 309 g/mol. The molecule has 8 heteroatoms. The molecule has 1 saturated heterocycles. The summed E-state index contributed by atoms with van der Waals surface area (Å²) in [4.78, 5) is -0.618. The minimum atomic E-state index is -4.09. The Balaban J connectivity index is 2.35. The van der Waals surface area contributed by atoms with Crippen molar-refractivity contribution in [1.82, 2.24) is 4.31 Å².